The third kappa shape index (κ3) is 4.93. The highest BCUT2D eigenvalue weighted by atomic mass is 15.1. The summed E-state index contributed by atoms with van der Waals surface area (Å²) in [5.41, 5.74) is 8.46. The summed E-state index contributed by atoms with van der Waals surface area (Å²) < 4.78 is 0. The molecule has 0 saturated carbocycles. The molecule has 0 aliphatic heterocycles. The molecule has 0 amide bonds. The van der Waals surface area contributed by atoms with Gasteiger partial charge in [-0.2, -0.15) is 0 Å². The van der Waals surface area contributed by atoms with E-state index in [1.54, 1.807) is 0 Å². The Hall–Kier alpha value is -1.51. The Morgan fingerprint density at radius 1 is 1.32 bits per heavy atom. The Balaban J connectivity index is 2.69. The molecule has 3 N–H and O–H groups in total. The molecule has 1 atom stereocenters. The van der Waals surface area contributed by atoms with Gasteiger partial charge in [0.15, 0.2) is 5.96 Å². The van der Waals surface area contributed by atoms with Crippen molar-refractivity contribution in [3.8, 4) is 0 Å². The van der Waals surface area contributed by atoms with Gasteiger partial charge >= 0.3 is 0 Å². The minimum absolute atomic E-state index is 0.00451. The molecule has 0 fully saturated rings. The van der Waals surface area contributed by atoms with Gasteiger partial charge in [0.2, 0.25) is 0 Å². The number of guanidine groups is 1. The minimum Gasteiger partial charge on any atom is -0.370 e. The Kier molecular flexibility index (Phi) is 5.40. The van der Waals surface area contributed by atoms with Crippen LogP contribution in [0.1, 0.15) is 45.2 Å². The van der Waals surface area contributed by atoms with Gasteiger partial charge < -0.3 is 11.1 Å². The van der Waals surface area contributed by atoms with Crippen molar-refractivity contribution in [1.29, 1.82) is 0 Å². The van der Waals surface area contributed by atoms with Crippen LogP contribution < -0.4 is 11.1 Å². The lowest BCUT2D eigenvalue weighted by Crippen LogP contribution is -2.39. The maximum atomic E-state index is 5.90. The van der Waals surface area contributed by atoms with Gasteiger partial charge in [0.25, 0.3) is 0 Å². The SMILES string of the molecule is CCC(C)NC(N)=NCC(C)(C)c1ccc(C)cc1. The molecule has 19 heavy (non-hydrogen) atoms. The Morgan fingerprint density at radius 3 is 2.42 bits per heavy atom. The third-order valence-electron chi connectivity index (χ3n) is 3.48. The van der Waals surface area contributed by atoms with E-state index in [1.165, 1.54) is 11.1 Å². The smallest absolute Gasteiger partial charge is 0.188 e. The normalized spacial score (nSPS) is 14.3. The minimum atomic E-state index is -0.00451. The molecule has 0 bridgehead atoms. The number of rotatable bonds is 5. The second-order valence-electron chi connectivity index (χ2n) is 5.91. The van der Waals surface area contributed by atoms with Gasteiger partial charge in [-0.25, -0.2) is 0 Å². The fraction of sp³-hybridized carbons (Fsp3) is 0.562. The predicted octanol–water partition coefficient (Wildman–Crippen LogP) is 2.98. The van der Waals surface area contributed by atoms with Gasteiger partial charge in [-0.3, -0.25) is 4.99 Å². The maximum absolute atomic E-state index is 5.90. The Labute approximate surface area is 117 Å². The molecule has 1 aromatic rings. The predicted molar refractivity (Wildman–Crippen MR) is 83.6 cm³/mol. The summed E-state index contributed by atoms with van der Waals surface area (Å²) in [7, 11) is 0. The van der Waals surface area contributed by atoms with Crippen LogP contribution in [0.4, 0.5) is 0 Å². The maximum Gasteiger partial charge on any atom is 0.188 e. The molecule has 0 saturated heterocycles. The van der Waals surface area contributed by atoms with E-state index in [0.29, 0.717) is 18.5 Å². The van der Waals surface area contributed by atoms with Crippen LogP contribution in [-0.4, -0.2) is 18.5 Å². The molecule has 0 aliphatic rings. The van der Waals surface area contributed by atoms with Crippen molar-refractivity contribution in [3.05, 3.63) is 35.4 Å². The molecule has 0 aromatic heterocycles. The summed E-state index contributed by atoms with van der Waals surface area (Å²) in [5, 5.41) is 3.19. The molecule has 106 valence electrons. The molecule has 0 radical (unpaired) electrons. The van der Waals surface area contributed by atoms with Gasteiger partial charge in [0.05, 0.1) is 6.54 Å². The lowest BCUT2D eigenvalue weighted by atomic mass is 9.84. The van der Waals surface area contributed by atoms with Gasteiger partial charge in [-0.1, -0.05) is 50.6 Å². The fourth-order valence-electron chi connectivity index (χ4n) is 1.78. The number of hydrogen-bond acceptors (Lipinski definition) is 1. The van der Waals surface area contributed by atoms with E-state index in [4.69, 9.17) is 5.73 Å². The largest absolute Gasteiger partial charge is 0.370 e. The second kappa shape index (κ2) is 6.60. The van der Waals surface area contributed by atoms with Crippen molar-refractivity contribution >= 4 is 5.96 Å². The van der Waals surface area contributed by atoms with Crippen LogP contribution in [0.2, 0.25) is 0 Å². The van der Waals surface area contributed by atoms with Crippen molar-refractivity contribution < 1.29 is 0 Å². The number of nitrogens with zero attached hydrogens (tertiary/aromatic N) is 1. The quantitative estimate of drug-likeness (QED) is 0.632. The number of nitrogens with one attached hydrogen (secondary N) is 1. The molecule has 0 aliphatic carbocycles. The summed E-state index contributed by atoms with van der Waals surface area (Å²) in [4.78, 5) is 4.47. The molecule has 0 spiro atoms. The highest BCUT2D eigenvalue weighted by Crippen LogP contribution is 2.23. The Bertz CT molecular complexity index is 418. The fourth-order valence-corrected chi connectivity index (χ4v) is 1.78. The Morgan fingerprint density at radius 2 is 1.89 bits per heavy atom. The number of aliphatic imine (C=N–C) groups is 1. The number of hydrogen-bond donors (Lipinski definition) is 2. The number of aryl methyl sites for hydroxylation is 1. The first-order chi connectivity index (χ1) is 8.85. The molecule has 0 heterocycles. The molecule has 3 nitrogen and oxygen atoms in total. The van der Waals surface area contributed by atoms with Crippen LogP contribution in [0.25, 0.3) is 0 Å². The monoisotopic (exact) mass is 261 g/mol. The van der Waals surface area contributed by atoms with Crippen molar-refractivity contribution in [1.82, 2.24) is 5.32 Å². The van der Waals surface area contributed by atoms with E-state index in [1.807, 2.05) is 0 Å². The zero-order valence-corrected chi connectivity index (χ0v) is 12.8. The molecule has 1 unspecified atom stereocenters. The van der Waals surface area contributed by atoms with Crippen LogP contribution in [0.5, 0.6) is 0 Å². The number of benzene rings is 1. The second-order valence-corrected chi connectivity index (χ2v) is 5.91. The zero-order chi connectivity index (χ0) is 14.5. The van der Waals surface area contributed by atoms with Crippen LogP contribution in [0.3, 0.4) is 0 Å². The van der Waals surface area contributed by atoms with Crippen LogP contribution in [0.15, 0.2) is 29.3 Å². The van der Waals surface area contributed by atoms with Crippen LogP contribution >= 0.6 is 0 Å². The van der Waals surface area contributed by atoms with Crippen molar-refractivity contribution in [3.63, 3.8) is 0 Å². The van der Waals surface area contributed by atoms with Crippen molar-refractivity contribution in [2.75, 3.05) is 6.54 Å². The van der Waals surface area contributed by atoms with Crippen molar-refractivity contribution in [2.45, 2.75) is 52.5 Å². The van der Waals surface area contributed by atoms with E-state index < -0.39 is 0 Å². The summed E-state index contributed by atoms with van der Waals surface area (Å²) in [6.07, 6.45) is 1.04. The van der Waals surface area contributed by atoms with E-state index >= 15 is 0 Å². The van der Waals surface area contributed by atoms with Gasteiger partial charge in [-0.05, 0) is 25.8 Å². The first kappa shape index (κ1) is 15.5. The highest BCUT2D eigenvalue weighted by molar-refractivity contribution is 5.78. The lowest BCUT2D eigenvalue weighted by Gasteiger charge is -2.24. The lowest BCUT2D eigenvalue weighted by molar-refractivity contribution is 0.536. The van der Waals surface area contributed by atoms with E-state index in [-0.39, 0.29) is 5.41 Å². The van der Waals surface area contributed by atoms with Crippen LogP contribution in [0, 0.1) is 6.92 Å². The molecular formula is C16H27N3. The molecular weight excluding hydrogens is 234 g/mol. The average molecular weight is 261 g/mol. The van der Waals surface area contributed by atoms with Gasteiger partial charge in [0, 0.05) is 11.5 Å². The molecule has 1 rings (SSSR count). The summed E-state index contributed by atoms with van der Waals surface area (Å²) in [6, 6.07) is 8.99. The molecule has 3 heteroatoms. The first-order valence-corrected chi connectivity index (χ1v) is 6.98. The van der Waals surface area contributed by atoms with Gasteiger partial charge in [-0.15, -0.1) is 0 Å². The molecule has 1 aromatic carbocycles. The highest BCUT2D eigenvalue weighted by Gasteiger charge is 2.20. The van der Waals surface area contributed by atoms with E-state index in [0.717, 1.165) is 6.42 Å². The van der Waals surface area contributed by atoms with Crippen molar-refractivity contribution in [2.24, 2.45) is 10.7 Å². The summed E-state index contributed by atoms with van der Waals surface area (Å²) in [5.74, 6) is 0.537. The van der Waals surface area contributed by atoms with Gasteiger partial charge in [0.1, 0.15) is 0 Å². The van der Waals surface area contributed by atoms with Crippen LogP contribution in [-0.2, 0) is 5.41 Å². The topological polar surface area (TPSA) is 50.4 Å². The summed E-state index contributed by atoms with van der Waals surface area (Å²) in [6.45, 7) is 11.4. The standard InChI is InChI=1S/C16H27N3/c1-6-13(3)19-15(17)18-11-16(4,5)14-9-7-12(2)8-10-14/h7-10,13H,6,11H2,1-5H3,(H3,17,18,19). The first-order valence-electron chi connectivity index (χ1n) is 6.98. The average Bonchev–Trinajstić information content (AvgIpc) is 2.37. The zero-order valence-electron chi connectivity index (χ0n) is 12.8. The number of nitrogens with two attached hydrogens (primary N) is 1. The third-order valence-corrected chi connectivity index (χ3v) is 3.48. The summed E-state index contributed by atoms with van der Waals surface area (Å²) >= 11 is 0. The van der Waals surface area contributed by atoms with E-state index in [9.17, 15) is 0 Å². The van der Waals surface area contributed by atoms with E-state index in [2.05, 4.69) is 69.2 Å².